The molecule has 2 aliphatic rings. The van der Waals surface area contributed by atoms with Crippen LogP contribution in [0.5, 0.6) is 0 Å². The lowest BCUT2D eigenvalue weighted by molar-refractivity contribution is -0.153. The second-order valence-corrected chi connectivity index (χ2v) is 7.14. The van der Waals surface area contributed by atoms with Gasteiger partial charge >= 0.3 is 11.9 Å². The molecule has 0 aromatic heterocycles. The van der Waals surface area contributed by atoms with Crippen LogP contribution in [0.2, 0.25) is 0 Å². The molecule has 2 aliphatic heterocycles. The third kappa shape index (κ3) is 3.69. The van der Waals surface area contributed by atoms with Crippen LogP contribution in [0, 0.1) is 11.3 Å². The Morgan fingerprint density at radius 3 is 2.61 bits per heavy atom. The van der Waals surface area contributed by atoms with Crippen molar-refractivity contribution in [3.05, 3.63) is 41.2 Å². The summed E-state index contributed by atoms with van der Waals surface area (Å²) >= 11 is 0. The van der Waals surface area contributed by atoms with Gasteiger partial charge in [0.05, 0.1) is 18.8 Å². The molecule has 2 atom stereocenters. The van der Waals surface area contributed by atoms with Crippen molar-refractivity contribution in [3.8, 4) is 0 Å². The number of hydrogen-bond donors (Lipinski definition) is 2. The number of methoxy groups -OCH3 is 1. The zero-order valence-electron chi connectivity index (χ0n) is 17.8. The van der Waals surface area contributed by atoms with Crippen molar-refractivity contribution in [2.45, 2.75) is 32.1 Å². The molecule has 0 bridgehead atoms. The number of amides is 1. The summed E-state index contributed by atoms with van der Waals surface area (Å²) in [4.78, 5) is 39.8. The highest BCUT2D eigenvalue weighted by Crippen LogP contribution is 2.53. The average molecular weight is 430 g/mol. The number of hydrogen-bond acceptors (Lipinski definition) is 8. The van der Waals surface area contributed by atoms with Crippen molar-refractivity contribution >= 4 is 29.4 Å². The lowest BCUT2D eigenvalue weighted by Crippen LogP contribution is -2.56. The third-order valence-corrected chi connectivity index (χ3v) is 5.28. The Hall–Kier alpha value is -3.20. The summed E-state index contributed by atoms with van der Waals surface area (Å²) in [5.41, 5.74) is -1.04. The highest BCUT2D eigenvalue weighted by molar-refractivity contribution is 6.21. The summed E-state index contributed by atoms with van der Waals surface area (Å²) < 4.78 is 21.1. The summed E-state index contributed by atoms with van der Waals surface area (Å²) in [7, 11) is 1.46. The number of carbonyl (C=O) groups is 3. The number of fused-ring (bicyclic) bond motifs is 2. The highest BCUT2D eigenvalue weighted by atomic mass is 16.6. The van der Waals surface area contributed by atoms with Crippen molar-refractivity contribution in [2.24, 2.45) is 5.92 Å². The number of para-hydroxylation sites is 1. The van der Waals surface area contributed by atoms with Gasteiger partial charge in [-0.1, -0.05) is 25.1 Å². The van der Waals surface area contributed by atoms with Gasteiger partial charge < -0.3 is 24.3 Å². The van der Waals surface area contributed by atoms with Gasteiger partial charge in [-0.05, 0) is 25.0 Å². The van der Waals surface area contributed by atoms with Crippen molar-refractivity contribution < 1.29 is 33.3 Å². The van der Waals surface area contributed by atoms with E-state index in [0.717, 1.165) is 0 Å². The first-order chi connectivity index (χ1) is 14.9. The van der Waals surface area contributed by atoms with E-state index in [1.807, 2.05) is 6.92 Å². The number of nitrogens with one attached hydrogen (secondary N) is 2. The smallest absolute Gasteiger partial charge is 0.338 e. The summed E-state index contributed by atoms with van der Waals surface area (Å²) in [6, 6.07) is 6.77. The van der Waals surface area contributed by atoms with E-state index in [1.165, 1.54) is 7.11 Å². The van der Waals surface area contributed by atoms with Crippen LogP contribution in [0.1, 0.15) is 32.3 Å². The minimum atomic E-state index is -1.83. The Labute approximate surface area is 180 Å². The molecule has 0 saturated heterocycles. The number of allylic oxidation sites excluding steroid dienone is 1. The fourth-order valence-electron chi connectivity index (χ4n) is 4.09. The molecule has 0 saturated carbocycles. The van der Waals surface area contributed by atoms with Crippen molar-refractivity contribution in [1.82, 2.24) is 0 Å². The van der Waals surface area contributed by atoms with Gasteiger partial charge in [0.25, 0.3) is 0 Å². The SMILES string of the molecule is CCCC1=C(C(=O)OCC)C2(C(=O)Nc3ccccc32)C(C(=O)OCCOC)C(=N)O1. The normalized spacial score (nSPS) is 22.1. The molecule has 31 heavy (non-hydrogen) atoms. The van der Waals surface area contributed by atoms with Crippen LogP contribution in [-0.2, 0) is 38.7 Å². The average Bonchev–Trinajstić information content (AvgIpc) is 3.01. The molecule has 1 aromatic carbocycles. The van der Waals surface area contributed by atoms with Gasteiger partial charge in [0.2, 0.25) is 11.8 Å². The first kappa shape index (κ1) is 22.5. The first-order valence-electron chi connectivity index (χ1n) is 10.2. The number of esters is 2. The summed E-state index contributed by atoms with van der Waals surface area (Å²) in [5, 5.41) is 11.3. The van der Waals surface area contributed by atoms with E-state index in [2.05, 4.69) is 5.32 Å². The fraction of sp³-hybridized carbons (Fsp3) is 0.455. The van der Waals surface area contributed by atoms with Crippen molar-refractivity contribution in [3.63, 3.8) is 0 Å². The molecule has 9 heteroatoms. The second kappa shape index (κ2) is 9.30. The molecule has 0 aliphatic carbocycles. The van der Waals surface area contributed by atoms with Crippen LogP contribution in [-0.4, -0.2) is 50.7 Å². The second-order valence-electron chi connectivity index (χ2n) is 7.14. The van der Waals surface area contributed by atoms with Crippen LogP contribution in [0.4, 0.5) is 5.69 Å². The van der Waals surface area contributed by atoms with Crippen LogP contribution < -0.4 is 5.32 Å². The largest absolute Gasteiger partial charge is 0.463 e. The van der Waals surface area contributed by atoms with E-state index < -0.39 is 35.1 Å². The Kier molecular flexibility index (Phi) is 6.74. The third-order valence-electron chi connectivity index (χ3n) is 5.28. The zero-order valence-corrected chi connectivity index (χ0v) is 17.8. The number of carbonyl (C=O) groups excluding carboxylic acids is 3. The van der Waals surface area contributed by atoms with Gasteiger partial charge in [-0.3, -0.25) is 15.0 Å². The van der Waals surface area contributed by atoms with Gasteiger partial charge in [-0.15, -0.1) is 0 Å². The Balaban J connectivity index is 2.28. The number of anilines is 1. The van der Waals surface area contributed by atoms with E-state index in [0.29, 0.717) is 24.1 Å². The summed E-state index contributed by atoms with van der Waals surface area (Å²) in [6.45, 7) is 3.67. The maximum Gasteiger partial charge on any atom is 0.338 e. The van der Waals surface area contributed by atoms with Crippen molar-refractivity contribution in [1.29, 1.82) is 5.41 Å². The summed E-state index contributed by atoms with van der Waals surface area (Å²) in [6.07, 6.45) is 0.882. The van der Waals surface area contributed by atoms with E-state index in [9.17, 15) is 14.4 Å². The van der Waals surface area contributed by atoms with Crippen LogP contribution in [0.25, 0.3) is 0 Å². The molecular formula is C22H26N2O7. The van der Waals surface area contributed by atoms with Gasteiger partial charge in [-0.25, -0.2) is 4.79 Å². The van der Waals surface area contributed by atoms with Crippen LogP contribution in [0.3, 0.4) is 0 Å². The molecule has 2 heterocycles. The topological polar surface area (TPSA) is 124 Å². The Bertz CT molecular complexity index is 940. The highest BCUT2D eigenvalue weighted by Gasteiger charge is 2.65. The van der Waals surface area contributed by atoms with Crippen molar-refractivity contribution in [2.75, 3.05) is 32.2 Å². The molecule has 0 fully saturated rings. The molecule has 0 radical (unpaired) electrons. The maximum absolute atomic E-state index is 13.5. The van der Waals surface area contributed by atoms with E-state index in [4.69, 9.17) is 24.4 Å². The van der Waals surface area contributed by atoms with Crippen LogP contribution >= 0.6 is 0 Å². The van der Waals surface area contributed by atoms with Crippen LogP contribution in [0.15, 0.2) is 35.6 Å². The van der Waals surface area contributed by atoms with Gasteiger partial charge in [-0.2, -0.15) is 0 Å². The standard InChI is InChI=1S/C22H26N2O7/c1-4-8-15-16(19(25)29-5-2)22(13-9-6-7-10-14(13)24-21(22)27)17(18(23)31-15)20(26)30-12-11-28-3/h6-7,9-10,17,23H,4-5,8,11-12H2,1-3H3,(H,24,27). The fourth-order valence-corrected chi connectivity index (χ4v) is 4.09. The molecule has 1 spiro atoms. The van der Waals surface area contributed by atoms with E-state index in [-0.39, 0.29) is 31.2 Å². The maximum atomic E-state index is 13.5. The lowest BCUT2D eigenvalue weighted by Gasteiger charge is -2.40. The molecular weight excluding hydrogens is 404 g/mol. The summed E-state index contributed by atoms with van der Waals surface area (Å²) in [5.74, 6) is -4.02. The molecule has 166 valence electrons. The number of ether oxygens (including phenoxy) is 4. The molecule has 1 aromatic rings. The number of rotatable bonds is 8. The zero-order chi connectivity index (χ0) is 22.6. The lowest BCUT2D eigenvalue weighted by atomic mass is 9.63. The molecule has 3 rings (SSSR count). The number of benzene rings is 1. The van der Waals surface area contributed by atoms with Gasteiger partial charge in [0.15, 0.2) is 5.92 Å². The molecule has 2 N–H and O–H groups in total. The first-order valence-corrected chi connectivity index (χ1v) is 10.2. The Morgan fingerprint density at radius 2 is 1.94 bits per heavy atom. The quantitative estimate of drug-likeness (QED) is 0.479. The minimum absolute atomic E-state index is 0.0664. The van der Waals surface area contributed by atoms with Gasteiger partial charge in [0, 0.05) is 19.2 Å². The Morgan fingerprint density at radius 1 is 1.19 bits per heavy atom. The predicted molar refractivity (Wildman–Crippen MR) is 110 cm³/mol. The molecule has 9 nitrogen and oxygen atoms in total. The van der Waals surface area contributed by atoms with E-state index >= 15 is 0 Å². The minimum Gasteiger partial charge on any atom is -0.463 e. The monoisotopic (exact) mass is 430 g/mol. The molecule has 2 unspecified atom stereocenters. The molecule has 1 amide bonds. The predicted octanol–water partition coefficient (Wildman–Crippen LogP) is 2.31. The van der Waals surface area contributed by atoms with E-state index in [1.54, 1.807) is 31.2 Å². The van der Waals surface area contributed by atoms with Gasteiger partial charge in [0.1, 0.15) is 17.8 Å².